The van der Waals surface area contributed by atoms with Gasteiger partial charge in [0.2, 0.25) is 6.61 Å². The van der Waals surface area contributed by atoms with Crippen molar-refractivity contribution in [3.05, 3.63) is 250 Å². The molecule has 80 heavy (non-hydrogen) atoms. The van der Waals surface area contributed by atoms with E-state index < -0.39 is 53.4 Å². The average Bonchev–Trinajstić information content (AvgIpc) is 4.30. The van der Waals surface area contributed by atoms with Crippen molar-refractivity contribution in [1.29, 1.82) is 0 Å². The fraction of sp³-hybridized carbons (Fsp3) is 0.148. The molecule has 2 aliphatic heterocycles. The van der Waals surface area contributed by atoms with E-state index >= 15 is 0 Å². The number of oxime groups is 1. The van der Waals surface area contributed by atoms with Gasteiger partial charge in [0.15, 0.2) is 26.9 Å². The number of esters is 2. The first-order valence-electron chi connectivity index (χ1n) is 25.3. The van der Waals surface area contributed by atoms with Gasteiger partial charge < -0.3 is 29.7 Å². The van der Waals surface area contributed by atoms with Gasteiger partial charge in [0, 0.05) is 23.1 Å². The summed E-state index contributed by atoms with van der Waals surface area (Å²) in [5.41, 5.74) is 5.24. The topological polar surface area (TPSA) is 184 Å². The van der Waals surface area contributed by atoms with E-state index in [1.54, 1.807) is 43.0 Å². The summed E-state index contributed by atoms with van der Waals surface area (Å²) < 4.78 is 18.9. The number of thiazole rings is 2. The van der Waals surface area contributed by atoms with E-state index in [4.69, 9.17) is 24.0 Å². The molecule has 5 heterocycles. The van der Waals surface area contributed by atoms with Crippen LogP contribution in [0.25, 0.3) is 10.3 Å². The lowest BCUT2D eigenvalue weighted by atomic mass is 9.77. The Hall–Kier alpha value is -8.62. The van der Waals surface area contributed by atoms with Gasteiger partial charge in [-0.25, -0.2) is 24.5 Å². The molecule has 1 fully saturated rings. The minimum Gasteiger partial charge on any atom is -0.497 e. The van der Waals surface area contributed by atoms with E-state index in [-0.39, 0.29) is 23.7 Å². The number of methoxy groups -OCH3 is 1. The van der Waals surface area contributed by atoms with Crippen molar-refractivity contribution in [3.63, 3.8) is 0 Å². The molecule has 15 nitrogen and oxygen atoms in total. The van der Waals surface area contributed by atoms with Gasteiger partial charge in [-0.05, 0) is 63.2 Å². The number of carbonyl (C=O) groups excluding carboxylic acids is 4. The van der Waals surface area contributed by atoms with E-state index in [1.165, 1.54) is 51.1 Å². The van der Waals surface area contributed by atoms with E-state index in [0.29, 0.717) is 33.6 Å². The van der Waals surface area contributed by atoms with Crippen molar-refractivity contribution in [2.45, 2.75) is 34.0 Å². The molecule has 1 saturated heterocycles. The highest BCUT2D eigenvalue weighted by atomic mass is 32.2. The van der Waals surface area contributed by atoms with Crippen LogP contribution in [0, 0.1) is 0 Å². The first-order valence-corrected chi connectivity index (χ1v) is 29.0. The number of aromatic nitrogens is 3. The third-order valence-electron chi connectivity index (χ3n) is 13.2. The van der Waals surface area contributed by atoms with E-state index in [2.05, 4.69) is 25.8 Å². The number of thioether (sulfide) groups is 2. The van der Waals surface area contributed by atoms with Gasteiger partial charge >= 0.3 is 11.9 Å². The molecular formula is C61H49N7O8S4. The van der Waals surface area contributed by atoms with Crippen molar-refractivity contribution in [1.82, 2.24) is 25.2 Å². The van der Waals surface area contributed by atoms with Gasteiger partial charge in [-0.2, -0.15) is 0 Å². The molecule has 9 aromatic rings. The fourth-order valence-electron chi connectivity index (χ4n) is 9.38. The van der Waals surface area contributed by atoms with Gasteiger partial charge in [0.1, 0.15) is 40.7 Å². The molecule has 2 N–H and O–H groups in total. The highest BCUT2D eigenvalue weighted by Gasteiger charge is 2.55. The highest BCUT2D eigenvalue weighted by Crippen LogP contribution is 2.44. The minimum absolute atomic E-state index is 0.0590. The van der Waals surface area contributed by atoms with Crippen LogP contribution < -0.4 is 15.4 Å². The number of anilines is 1. The van der Waals surface area contributed by atoms with Gasteiger partial charge in [-0.1, -0.05) is 181 Å². The summed E-state index contributed by atoms with van der Waals surface area (Å²) in [4.78, 5) is 78.5. The zero-order chi connectivity index (χ0) is 54.8. The van der Waals surface area contributed by atoms with E-state index in [9.17, 15) is 19.2 Å². The Labute approximate surface area is 477 Å². The van der Waals surface area contributed by atoms with Crippen molar-refractivity contribution in [3.8, 4) is 5.75 Å². The second-order valence-corrected chi connectivity index (χ2v) is 22.5. The summed E-state index contributed by atoms with van der Waals surface area (Å²) >= 11 is 5.57. The molecule has 0 saturated carbocycles. The molecule has 0 aliphatic carbocycles. The highest BCUT2D eigenvalue weighted by molar-refractivity contribution is 8.02. The molecule has 11 rings (SSSR count). The number of carbonyl (C=O) groups is 4. The first-order chi connectivity index (χ1) is 39.2. The van der Waals surface area contributed by atoms with Crippen LogP contribution in [0.5, 0.6) is 5.75 Å². The standard InChI is InChI=1S/C61H49N7O8S4/c1-73-46-31-29-39(30-32-46)34-74-58(72)52-42(37-79-60-65-54-48(80-60)28-17-33-62-54)36-77-57-51(56(71)68(52)57)64-55(70)50(67-75-35-49(69)76-53(40-18-7-2-8-19-40)41-20-9-3-10-21-41)47-38-78-59(63-47)66-61(43-22-11-4-12-23-43,44-24-13-5-14-25-44)45-26-15-6-16-27-45/h2-33,38,51,53,57H,34-37H2,1H3,(H,63,66)(H,64,70)/b67-50-/t51?,57-/m1/s1. The number of amides is 2. The van der Waals surface area contributed by atoms with Crippen LogP contribution in [0.3, 0.4) is 0 Å². The van der Waals surface area contributed by atoms with E-state index in [1.807, 2.05) is 164 Å². The molecule has 3 aromatic heterocycles. The lowest BCUT2D eigenvalue weighted by Gasteiger charge is -2.49. The van der Waals surface area contributed by atoms with E-state index in [0.717, 1.165) is 42.4 Å². The number of β-lactam (4-membered cyclic amide) rings is 1. The van der Waals surface area contributed by atoms with Gasteiger partial charge in [-0.3, -0.25) is 14.5 Å². The largest absolute Gasteiger partial charge is 0.497 e. The number of rotatable bonds is 21. The molecule has 19 heteroatoms. The van der Waals surface area contributed by atoms with Crippen LogP contribution in [-0.2, 0) is 45.6 Å². The maximum Gasteiger partial charge on any atom is 0.355 e. The molecular weight excluding hydrogens is 1090 g/mol. The summed E-state index contributed by atoms with van der Waals surface area (Å²) in [5.74, 6) is -1.44. The van der Waals surface area contributed by atoms with Crippen LogP contribution in [0.1, 0.15) is 45.2 Å². The SMILES string of the molecule is COc1ccc(COC(=O)C2=C(CSc3nc4ncccc4s3)CS[C@@H]3C(NC(=O)/C(=N\OCC(=O)OC(c4ccccc4)c4ccccc4)c4csc(NC(c5ccccc5)(c5ccccc5)c5ccccc5)n4)C(=O)N23)cc1. The van der Waals surface area contributed by atoms with Crippen molar-refractivity contribution >= 4 is 91.1 Å². The van der Waals surface area contributed by atoms with Gasteiger partial charge in [-0.15, -0.1) is 34.4 Å². The monoisotopic (exact) mass is 1140 g/mol. The lowest BCUT2D eigenvalue weighted by molar-refractivity contribution is -0.153. The molecule has 0 spiro atoms. The van der Waals surface area contributed by atoms with Crippen molar-refractivity contribution < 1.29 is 38.2 Å². The number of ether oxygens (including phenoxy) is 3. The molecule has 2 aliphatic rings. The Balaban J connectivity index is 0.885. The Morgan fingerprint density at radius 2 is 1.39 bits per heavy atom. The average molecular weight is 1140 g/mol. The molecule has 6 aromatic carbocycles. The second kappa shape index (κ2) is 24.6. The lowest BCUT2D eigenvalue weighted by Crippen LogP contribution is -2.71. The van der Waals surface area contributed by atoms with Crippen LogP contribution in [0.2, 0.25) is 0 Å². The van der Waals surface area contributed by atoms with Crippen LogP contribution in [0.15, 0.2) is 220 Å². The zero-order valence-electron chi connectivity index (χ0n) is 42.7. The van der Waals surface area contributed by atoms with Crippen LogP contribution in [-0.4, -0.2) is 86.0 Å². The Morgan fingerprint density at radius 1 is 0.775 bits per heavy atom. The number of nitrogens with zero attached hydrogens (tertiary/aromatic N) is 5. The van der Waals surface area contributed by atoms with Crippen molar-refractivity contribution in [2.75, 3.05) is 30.5 Å². The molecule has 2 atom stereocenters. The predicted octanol–water partition coefficient (Wildman–Crippen LogP) is 10.8. The summed E-state index contributed by atoms with van der Waals surface area (Å²) in [6.07, 6.45) is 0.932. The third-order valence-corrected chi connectivity index (χ3v) is 17.6. The maximum atomic E-state index is 14.9. The number of fused-ring (bicyclic) bond motifs is 2. The smallest absolute Gasteiger partial charge is 0.355 e. The van der Waals surface area contributed by atoms with Gasteiger partial charge in [0.05, 0.1) is 11.8 Å². The molecule has 0 bridgehead atoms. The second-order valence-electron chi connectivity index (χ2n) is 18.2. The van der Waals surface area contributed by atoms with Crippen LogP contribution in [0.4, 0.5) is 5.13 Å². The van der Waals surface area contributed by atoms with Gasteiger partial charge in [0.25, 0.3) is 11.8 Å². The fourth-order valence-corrected chi connectivity index (χ4v) is 13.6. The number of pyridine rings is 1. The number of nitrogens with one attached hydrogen (secondary N) is 2. The van der Waals surface area contributed by atoms with Crippen molar-refractivity contribution in [2.24, 2.45) is 5.16 Å². The third kappa shape index (κ3) is 11.6. The molecule has 2 amide bonds. The van der Waals surface area contributed by atoms with Crippen LogP contribution >= 0.6 is 46.2 Å². The Kier molecular flexibility index (Phi) is 16.4. The quantitative estimate of drug-likeness (QED) is 0.0173. The Morgan fingerprint density at radius 3 is 1.99 bits per heavy atom. The molecule has 400 valence electrons. The number of hydrogen-bond acceptors (Lipinski definition) is 17. The predicted molar refractivity (Wildman–Crippen MR) is 311 cm³/mol. The number of benzene rings is 6. The molecule has 1 unspecified atom stereocenters. The maximum absolute atomic E-state index is 14.9. The normalized spacial score (nSPS) is 15.2. The summed E-state index contributed by atoms with van der Waals surface area (Å²) in [6.45, 7) is -0.729. The number of hydrogen-bond donors (Lipinski definition) is 2. The summed E-state index contributed by atoms with van der Waals surface area (Å²) in [5, 5.41) is 12.3. The first kappa shape index (κ1) is 53.4. The Bertz CT molecular complexity index is 3530. The minimum atomic E-state index is -1.10. The molecule has 0 radical (unpaired) electrons. The zero-order valence-corrected chi connectivity index (χ0v) is 46.0. The summed E-state index contributed by atoms with van der Waals surface area (Å²) in [6, 6.07) is 58.4. The summed E-state index contributed by atoms with van der Waals surface area (Å²) in [7, 11) is 1.57.